The van der Waals surface area contributed by atoms with Crippen molar-refractivity contribution in [1.82, 2.24) is 10.9 Å². The lowest BCUT2D eigenvalue weighted by Crippen LogP contribution is -2.44. The van der Waals surface area contributed by atoms with Crippen LogP contribution in [0, 0.1) is 17.8 Å². The molecule has 2 aliphatic carbocycles. The van der Waals surface area contributed by atoms with Crippen molar-refractivity contribution < 1.29 is 23.9 Å². The molecular weight excluding hydrogens is 372 g/mol. The molecule has 8 heteroatoms. The zero-order valence-corrected chi connectivity index (χ0v) is 15.5. The van der Waals surface area contributed by atoms with Gasteiger partial charge in [-0.05, 0) is 49.9 Å². The fourth-order valence-electron chi connectivity index (χ4n) is 3.76. The third-order valence-electron chi connectivity index (χ3n) is 5.15. The van der Waals surface area contributed by atoms with Crippen LogP contribution in [-0.4, -0.2) is 30.2 Å². The summed E-state index contributed by atoms with van der Waals surface area (Å²) in [7, 11) is 0. The number of amides is 2. The summed E-state index contributed by atoms with van der Waals surface area (Å²) in [6.45, 7) is -0.487. The molecule has 2 saturated carbocycles. The van der Waals surface area contributed by atoms with E-state index in [-0.39, 0.29) is 23.5 Å². The largest absolute Gasteiger partial charge is 0.455 e. The number of Topliss-reactive ketones (excluding diaryl/α,β-unsaturated/α-hetero) is 1. The van der Waals surface area contributed by atoms with Crippen LogP contribution in [0.3, 0.4) is 0 Å². The molecule has 3 atom stereocenters. The van der Waals surface area contributed by atoms with E-state index in [0.29, 0.717) is 23.4 Å². The van der Waals surface area contributed by atoms with Crippen LogP contribution in [0.25, 0.3) is 0 Å². The number of carbonyl (C=O) groups excluding carboxylic acids is 4. The molecule has 2 bridgehead atoms. The third kappa shape index (κ3) is 4.86. The average Bonchev–Trinajstić information content (AvgIpc) is 2.64. The van der Waals surface area contributed by atoms with Crippen LogP contribution in [0.5, 0.6) is 0 Å². The zero-order valence-electron chi connectivity index (χ0n) is 14.7. The quantitative estimate of drug-likeness (QED) is 0.603. The second-order valence-electron chi connectivity index (χ2n) is 7.01. The molecule has 2 N–H and O–H groups in total. The molecule has 27 heavy (non-hydrogen) atoms. The van der Waals surface area contributed by atoms with Gasteiger partial charge in [-0.25, -0.2) is 0 Å². The van der Waals surface area contributed by atoms with Crippen LogP contribution in [0.1, 0.15) is 42.5 Å². The van der Waals surface area contributed by atoms with Crippen molar-refractivity contribution in [2.24, 2.45) is 17.8 Å². The molecule has 0 aromatic heterocycles. The number of rotatable bonds is 4. The van der Waals surface area contributed by atoms with E-state index >= 15 is 0 Å². The van der Waals surface area contributed by atoms with Gasteiger partial charge in [-0.15, -0.1) is 0 Å². The number of hydrogen-bond acceptors (Lipinski definition) is 5. The van der Waals surface area contributed by atoms with Gasteiger partial charge in [0.15, 0.2) is 6.61 Å². The molecule has 1 aromatic carbocycles. The van der Waals surface area contributed by atoms with Crippen molar-refractivity contribution in [3.05, 3.63) is 34.9 Å². The highest BCUT2D eigenvalue weighted by Gasteiger charge is 2.41. The molecule has 1 aromatic rings. The van der Waals surface area contributed by atoms with Gasteiger partial charge < -0.3 is 4.74 Å². The van der Waals surface area contributed by atoms with E-state index in [1.165, 1.54) is 12.1 Å². The minimum Gasteiger partial charge on any atom is -0.455 e. The molecule has 0 aliphatic heterocycles. The van der Waals surface area contributed by atoms with Crippen molar-refractivity contribution in [2.45, 2.75) is 32.1 Å². The Balaban J connectivity index is 1.41. The molecule has 1 unspecified atom stereocenters. The number of hydrogen-bond donors (Lipinski definition) is 2. The fraction of sp³-hybridized carbons (Fsp3) is 0.474. The molecule has 3 rings (SSSR count). The molecular formula is C19H21ClN2O5. The maximum atomic E-state index is 12.2. The highest BCUT2D eigenvalue weighted by atomic mass is 35.5. The van der Waals surface area contributed by atoms with Gasteiger partial charge in [-0.3, -0.25) is 30.0 Å². The smallest absolute Gasteiger partial charge is 0.309 e. The SMILES string of the molecule is O=C(COC(=O)C1C[C@H]2CCC[C@@H](C1)C2=O)NNC(=O)c1ccc(Cl)cc1. The van der Waals surface area contributed by atoms with E-state index in [0.717, 1.165) is 19.3 Å². The van der Waals surface area contributed by atoms with Crippen molar-refractivity contribution in [3.63, 3.8) is 0 Å². The number of hydrazine groups is 1. The van der Waals surface area contributed by atoms with E-state index in [4.69, 9.17) is 16.3 Å². The maximum absolute atomic E-state index is 12.2. The Labute approximate surface area is 161 Å². The first-order valence-corrected chi connectivity index (χ1v) is 9.37. The predicted octanol–water partition coefficient (Wildman–Crippen LogP) is 2.04. The van der Waals surface area contributed by atoms with Crippen LogP contribution in [0.15, 0.2) is 24.3 Å². The van der Waals surface area contributed by atoms with Crippen molar-refractivity contribution in [3.8, 4) is 0 Å². The number of halogens is 1. The Kier molecular flexibility index (Phi) is 6.11. The number of esters is 1. The van der Waals surface area contributed by atoms with Crippen LogP contribution in [0.4, 0.5) is 0 Å². The number of benzene rings is 1. The van der Waals surface area contributed by atoms with Crippen LogP contribution >= 0.6 is 11.6 Å². The van der Waals surface area contributed by atoms with E-state index < -0.39 is 24.4 Å². The van der Waals surface area contributed by atoms with Crippen LogP contribution in [-0.2, 0) is 19.1 Å². The van der Waals surface area contributed by atoms with Crippen molar-refractivity contribution >= 4 is 35.2 Å². The van der Waals surface area contributed by atoms with Gasteiger partial charge in [0, 0.05) is 22.4 Å². The molecule has 0 saturated heterocycles. The highest BCUT2D eigenvalue weighted by molar-refractivity contribution is 6.30. The molecule has 144 valence electrons. The average molecular weight is 393 g/mol. The first kappa shape index (κ1) is 19.4. The van der Waals surface area contributed by atoms with Crippen molar-refractivity contribution in [1.29, 1.82) is 0 Å². The molecule has 2 amide bonds. The predicted molar refractivity (Wildman–Crippen MR) is 96.6 cm³/mol. The standard InChI is InChI=1S/C19H21ClN2O5/c20-15-6-4-11(5-7-15)18(25)22-21-16(23)10-27-19(26)14-8-12-2-1-3-13(9-14)17(12)24/h4-7,12-14H,1-3,8-10H2,(H,21,23)(H,22,25)/t12-,13+,14?. The summed E-state index contributed by atoms with van der Waals surface area (Å²) in [6.07, 6.45) is 3.69. The number of fused-ring (bicyclic) bond motifs is 2. The van der Waals surface area contributed by atoms with Gasteiger partial charge in [-0.1, -0.05) is 18.0 Å². The topological polar surface area (TPSA) is 102 Å². The third-order valence-corrected chi connectivity index (χ3v) is 5.40. The Morgan fingerprint density at radius 1 is 1.04 bits per heavy atom. The van der Waals surface area contributed by atoms with Crippen LogP contribution in [0.2, 0.25) is 5.02 Å². The molecule has 0 heterocycles. The number of ether oxygens (including phenoxy) is 1. The van der Waals surface area contributed by atoms with Crippen LogP contribution < -0.4 is 10.9 Å². The second-order valence-corrected chi connectivity index (χ2v) is 7.45. The monoisotopic (exact) mass is 392 g/mol. The Morgan fingerprint density at radius 2 is 1.67 bits per heavy atom. The minimum absolute atomic E-state index is 0.0532. The lowest BCUT2D eigenvalue weighted by atomic mass is 9.67. The first-order valence-electron chi connectivity index (χ1n) is 8.99. The summed E-state index contributed by atoms with van der Waals surface area (Å²) < 4.78 is 5.07. The number of ketones is 1. The molecule has 0 spiro atoms. The second kappa shape index (κ2) is 8.52. The molecule has 0 radical (unpaired) electrons. The van der Waals surface area contributed by atoms with E-state index in [9.17, 15) is 19.2 Å². The van der Waals surface area contributed by atoms with Gasteiger partial charge in [0.05, 0.1) is 5.92 Å². The molecule has 7 nitrogen and oxygen atoms in total. The van der Waals surface area contributed by atoms with Gasteiger partial charge in [-0.2, -0.15) is 0 Å². The summed E-state index contributed by atoms with van der Waals surface area (Å²) >= 11 is 5.75. The van der Waals surface area contributed by atoms with Gasteiger partial charge >= 0.3 is 5.97 Å². The Morgan fingerprint density at radius 3 is 2.30 bits per heavy atom. The molecule has 2 aliphatic rings. The summed E-state index contributed by atoms with van der Waals surface area (Å²) in [5, 5.41) is 0.496. The summed E-state index contributed by atoms with van der Waals surface area (Å²) in [4.78, 5) is 48.0. The first-order chi connectivity index (χ1) is 12.9. The Hall–Kier alpha value is -2.41. The van der Waals surface area contributed by atoms with Gasteiger partial charge in [0.25, 0.3) is 11.8 Å². The normalized spacial score (nSPS) is 24.0. The van der Waals surface area contributed by atoms with Gasteiger partial charge in [0.2, 0.25) is 0 Å². The van der Waals surface area contributed by atoms with Crippen molar-refractivity contribution in [2.75, 3.05) is 6.61 Å². The minimum atomic E-state index is -0.641. The number of nitrogens with one attached hydrogen (secondary N) is 2. The van der Waals surface area contributed by atoms with E-state index in [1.54, 1.807) is 12.1 Å². The summed E-state index contributed by atoms with van der Waals surface area (Å²) in [5.74, 6) is -1.78. The van der Waals surface area contributed by atoms with E-state index in [1.807, 2.05) is 0 Å². The zero-order chi connectivity index (χ0) is 19.4. The lowest BCUT2D eigenvalue weighted by Gasteiger charge is -2.36. The molecule has 2 fully saturated rings. The van der Waals surface area contributed by atoms with Gasteiger partial charge in [0.1, 0.15) is 5.78 Å². The Bertz CT molecular complexity index is 733. The summed E-state index contributed by atoms with van der Waals surface area (Å²) in [5.41, 5.74) is 4.77. The van der Waals surface area contributed by atoms with E-state index in [2.05, 4.69) is 10.9 Å². The highest BCUT2D eigenvalue weighted by Crippen LogP contribution is 2.40. The fourth-order valence-corrected chi connectivity index (χ4v) is 3.89. The maximum Gasteiger partial charge on any atom is 0.309 e. The summed E-state index contributed by atoms with van der Waals surface area (Å²) in [6, 6.07) is 6.16. The lowest BCUT2D eigenvalue weighted by molar-refractivity contribution is -0.156. The number of carbonyl (C=O) groups is 4.